The smallest absolute Gasteiger partial charge is 0.231 e. The zero-order chi connectivity index (χ0) is 24.7. The summed E-state index contributed by atoms with van der Waals surface area (Å²) in [5, 5.41) is 11.0. The van der Waals surface area contributed by atoms with Gasteiger partial charge >= 0.3 is 0 Å². The second-order valence-corrected chi connectivity index (χ2v) is 9.42. The Morgan fingerprint density at radius 1 is 1.06 bits per heavy atom. The van der Waals surface area contributed by atoms with Crippen LogP contribution in [0.3, 0.4) is 0 Å². The van der Waals surface area contributed by atoms with Crippen molar-refractivity contribution in [2.75, 3.05) is 13.9 Å². The zero-order valence-corrected chi connectivity index (χ0v) is 21.3. The summed E-state index contributed by atoms with van der Waals surface area (Å²) in [6, 6.07) is 14.5. The molecule has 0 aliphatic carbocycles. The highest BCUT2D eigenvalue weighted by Crippen LogP contribution is 2.50. The van der Waals surface area contributed by atoms with Crippen LogP contribution >= 0.6 is 39.1 Å². The minimum atomic E-state index is -0.540. The number of nitriles is 1. The molecule has 0 amide bonds. The van der Waals surface area contributed by atoms with Crippen molar-refractivity contribution in [2.45, 2.75) is 12.5 Å². The van der Waals surface area contributed by atoms with Gasteiger partial charge < -0.3 is 29.4 Å². The Morgan fingerprint density at radius 3 is 2.54 bits per heavy atom. The van der Waals surface area contributed by atoms with Crippen LogP contribution in [0.5, 0.6) is 28.7 Å². The molecule has 10 heteroatoms. The number of hydrogen-bond acceptors (Lipinski definition) is 7. The summed E-state index contributed by atoms with van der Waals surface area (Å²) in [5.74, 6) is 2.04. The Labute approximate surface area is 219 Å². The van der Waals surface area contributed by atoms with Crippen LogP contribution in [-0.4, -0.2) is 13.9 Å². The van der Waals surface area contributed by atoms with Crippen molar-refractivity contribution < 1.29 is 23.7 Å². The van der Waals surface area contributed by atoms with Gasteiger partial charge in [0.25, 0.3) is 0 Å². The normalized spacial score (nSPS) is 15.8. The van der Waals surface area contributed by atoms with Crippen molar-refractivity contribution in [1.82, 2.24) is 0 Å². The van der Waals surface area contributed by atoms with E-state index in [9.17, 15) is 5.26 Å². The molecule has 1 atom stereocenters. The summed E-state index contributed by atoms with van der Waals surface area (Å²) in [6.07, 6.45) is 0. The van der Waals surface area contributed by atoms with Crippen molar-refractivity contribution in [2.24, 2.45) is 5.73 Å². The van der Waals surface area contributed by atoms with Crippen LogP contribution in [0.25, 0.3) is 0 Å². The molecule has 0 radical (unpaired) electrons. The van der Waals surface area contributed by atoms with E-state index in [1.54, 1.807) is 49.6 Å². The summed E-state index contributed by atoms with van der Waals surface area (Å²) in [6.45, 7) is 0.316. The average molecular weight is 576 g/mol. The fourth-order valence-electron chi connectivity index (χ4n) is 4.01. The molecule has 0 aromatic heterocycles. The molecule has 2 N–H and O–H groups in total. The highest BCUT2D eigenvalue weighted by molar-refractivity contribution is 9.10. The van der Waals surface area contributed by atoms with Gasteiger partial charge in [-0.05, 0) is 35.9 Å². The third-order valence-corrected chi connectivity index (χ3v) is 6.98. The Kier molecular flexibility index (Phi) is 6.32. The molecule has 2 aliphatic heterocycles. The van der Waals surface area contributed by atoms with Gasteiger partial charge in [0.15, 0.2) is 23.0 Å². The molecular formula is C25H17BrCl2N2O5. The number of halogens is 3. The van der Waals surface area contributed by atoms with Gasteiger partial charge in [-0.25, -0.2) is 0 Å². The van der Waals surface area contributed by atoms with E-state index in [2.05, 4.69) is 22.0 Å². The number of hydrogen-bond donors (Lipinski definition) is 1. The number of methoxy groups -OCH3 is 1. The average Bonchev–Trinajstić information content (AvgIpc) is 3.29. The van der Waals surface area contributed by atoms with Gasteiger partial charge in [0, 0.05) is 31.7 Å². The molecule has 2 heterocycles. The third-order valence-electron chi connectivity index (χ3n) is 5.70. The molecule has 5 rings (SSSR count). The van der Waals surface area contributed by atoms with Crippen molar-refractivity contribution in [3.63, 3.8) is 0 Å². The number of fused-ring (bicyclic) bond motifs is 2. The Bertz CT molecular complexity index is 1420. The van der Waals surface area contributed by atoms with Gasteiger partial charge in [-0.3, -0.25) is 0 Å². The maximum atomic E-state index is 9.92. The molecule has 0 unspecified atom stereocenters. The van der Waals surface area contributed by atoms with Crippen LogP contribution in [0, 0.1) is 11.3 Å². The van der Waals surface area contributed by atoms with Gasteiger partial charge in [0.1, 0.15) is 24.0 Å². The first-order chi connectivity index (χ1) is 16.9. The van der Waals surface area contributed by atoms with E-state index >= 15 is 0 Å². The first kappa shape index (κ1) is 23.5. The number of nitrogens with two attached hydrogens (primary N) is 1. The number of allylic oxidation sites excluding steroid dienone is 1. The summed E-state index contributed by atoms with van der Waals surface area (Å²) in [4.78, 5) is 0. The standard InChI is InChI=1S/C25H17BrCl2N2O5/c1-31-20-5-14(17(26)7-22(20)32-10-12-2-3-13(27)4-18(12)28)24-15-6-21-23(34-11-33-21)8-19(15)35-25(30)16(24)9-29/h2-8,24H,10-11,30H2,1H3/t24-/m1/s1. The van der Waals surface area contributed by atoms with Crippen molar-refractivity contribution in [3.05, 3.63) is 85.1 Å². The summed E-state index contributed by atoms with van der Waals surface area (Å²) >= 11 is 15.9. The zero-order valence-electron chi connectivity index (χ0n) is 18.2. The van der Waals surface area contributed by atoms with Crippen LogP contribution < -0.4 is 29.4 Å². The molecule has 3 aromatic carbocycles. The monoisotopic (exact) mass is 574 g/mol. The number of rotatable bonds is 5. The maximum absolute atomic E-state index is 9.92. The maximum Gasteiger partial charge on any atom is 0.231 e. The minimum Gasteiger partial charge on any atom is -0.493 e. The van der Waals surface area contributed by atoms with Crippen molar-refractivity contribution in [1.29, 1.82) is 5.26 Å². The largest absolute Gasteiger partial charge is 0.493 e. The van der Waals surface area contributed by atoms with Crippen LogP contribution in [0.2, 0.25) is 10.0 Å². The van der Waals surface area contributed by atoms with Crippen LogP contribution in [-0.2, 0) is 6.61 Å². The predicted octanol–water partition coefficient (Wildman–Crippen LogP) is 6.29. The second-order valence-electron chi connectivity index (χ2n) is 7.72. The lowest BCUT2D eigenvalue weighted by molar-refractivity contribution is 0.174. The highest BCUT2D eigenvalue weighted by atomic mass is 79.9. The van der Waals surface area contributed by atoms with Crippen LogP contribution in [0.15, 0.2) is 58.4 Å². The van der Waals surface area contributed by atoms with E-state index in [1.165, 1.54) is 0 Å². The number of nitrogens with zero attached hydrogens (tertiary/aromatic N) is 1. The van der Waals surface area contributed by atoms with Gasteiger partial charge in [-0.15, -0.1) is 0 Å². The molecular weight excluding hydrogens is 559 g/mol. The predicted molar refractivity (Wildman–Crippen MR) is 133 cm³/mol. The Morgan fingerprint density at radius 2 is 1.83 bits per heavy atom. The van der Waals surface area contributed by atoms with Gasteiger partial charge in [-0.1, -0.05) is 45.2 Å². The fraction of sp³-hybridized carbons (Fsp3) is 0.160. The Hall–Kier alpha value is -3.25. The molecule has 35 heavy (non-hydrogen) atoms. The molecule has 2 aliphatic rings. The summed E-state index contributed by atoms with van der Waals surface area (Å²) in [5.41, 5.74) is 8.62. The van der Waals surface area contributed by atoms with Crippen LogP contribution in [0.4, 0.5) is 0 Å². The van der Waals surface area contributed by atoms with E-state index in [1.807, 2.05) is 0 Å². The quantitative estimate of drug-likeness (QED) is 0.382. The molecule has 3 aromatic rings. The molecule has 0 bridgehead atoms. The van der Waals surface area contributed by atoms with E-state index in [0.717, 1.165) is 11.1 Å². The van der Waals surface area contributed by atoms with Crippen molar-refractivity contribution >= 4 is 39.1 Å². The summed E-state index contributed by atoms with van der Waals surface area (Å²) in [7, 11) is 1.54. The Balaban J connectivity index is 1.55. The van der Waals surface area contributed by atoms with E-state index in [0.29, 0.717) is 48.8 Å². The lowest BCUT2D eigenvalue weighted by atomic mass is 9.83. The SMILES string of the molecule is COc1cc([C@H]2C(C#N)=C(N)Oc3cc4c(cc32)OCO4)c(Br)cc1OCc1ccc(Cl)cc1Cl. The summed E-state index contributed by atoms with van der Waals surface area (Å²) < 4.78 is 29.1. The fourth-order valence-corrected chi connectivity index (χ4v) is 5.02. The first-order valence-electron chi connectivity index (χ1n) is 10.3. The first-order valence-corrected chi connectivity index (χ1v) is 11.9. The lowest BCUT2D eigenvalue weighted by Gasteiger charge is -2.28. The molecule has 0 saturated carbocycles. The minimum absolute atomic E-state index is 0.0208. The second kappa shape index (κ2) is 9.42. The van der Waals surface area contributed by atoms with E-state index in [4.69, 9.17) is 52.6 Å². The lowest BCUT2D eigenvalue weighted by Crippen LogP contribution is -2.21. The number of ether oxygens (including phenoxy) is 5. The molecule has 0 fully saturated rings. The molecule has 0 spiro atoms. The third kappa shape index (κ3) is 4.31. The highest BCUT2D eigenvalue weighted by Gasteiger charge is 2.35. The van der Waals surface area contributed by atoms with Gasteiger partial charge in [-0.2, -0.15) is 5.26 Å². The number of benzene rings is 3. The molecule has 7 nitrogen and oxygen atoms in total. The van der Waals surface area contributed by atoms with E-state index in [-0.39, 0.29) is 24.9 Å². The molecule has 0 saturated heterocycles. The van der Waals surface area contributed by atoms with Gasteiger partial charge in [0.2, 0.25) is 12.7 Å². The molecule has 178 valence electrons. The van der Waals surface area contributed by atoms with Gasteiger partial charge in [0.05, 0.1) is 13.0 Å². The van der Waals surface area contributed by atoms with Crippen LogP contribution in [0.1, 0.15) is 22.6 Å². The van der Waals surface area contributed by atoms with Crippen molar-refractivity contribution in [3.8, 4) is 34.8 Å². The topological polar surface area (TPSA) is 96.0 Å². The van der Waals surface area contributed by atoms with E-state index < -0.39 is 5.92 Å².